The van der Waals surface area contributed by atoms with Gasteiger partial charge in [0.2, 0.25) is 0 Å². The molecule has 0 saturated carbocycles. The first-order valence-corrected chi connectivity index (χ1v) is 5.35. The average molecular weight is 268 g/mol. The van der Waals surface area contributed by atoms with Gasteiger partial charge in [-0.1, -0.05) is 30.3 Å². The monoisotopic (exact) mass is 268 g/mol. The van der Waals surface area contributed by atoms with Crippen LogP contribution in [0.15, 0.2) is 42.5 Å². The van der Waals surface area contributed by atoms with E-state index in [1.165, 1.54) is 24.3 Å². The Hall–Kier alpha value is -2.17. The van der Waals surface area contributed by atoms with Gasteiger partial charge in [0, 0.05) is 11.1 Å². The molecule has 0 atom stereocenters. The molecule has 0 heterocycles. The highest BCUT2D eigenvalue weighted by atomic mass is 19.4. The summed E-state index contributed by atoms with van der Waals surface area (Å²) in [4.78, 5) is 10.6. The van der Waals surface area contributed by atoms with Crippen LogP contribution < -0.4 is 0 Å². The lowest BCUT2D eigenvalue weighted by molar-refractivity contribution is -0.137. The third-order valence-corrected chi connectivity index (χ3v) is 2.65. The van der Waals surface area contributed by atoms with Crippen molar-refractivity contribution in [3.63, 3.8) is 0 Å². The molecule has 1 nitrogen and oxygen atoms in total. The number of carbonyl (C=O) groups excluding carboxylic acids is 1. The van der Waals surface area contributed by atoms with Crippen LogP contribution in [0, 0.1) is 5.82 Å². The van der Waals surface area contributed by atoms with Gasteiger partial charge in [-0.15, -0.1) is 0 Å². The summed E-state index contributed by atoms with van der Waals surface area (Å²) >= 11 is 0. The first kappa shape index (κ1) is 13.3. The van der Waals surface area contributed by atoms with Crippen LogP contribution in [0.1, 0.15) is 15.9 Å². The van der Waals surface area contributed by atoms with Crippen LogP contribution in [0.25, 0.3) is 11.1 Å². The minimum Gasteiger partial charge on any atom is -0.298 e. The van der Waals surface area contributed by atoms with E-state index in [-0.39, 0.29) is 16.7 Å². The molecule has 0 aliphatic carbocycles. The number of alkyl halides is 3. The summed E-state index contributed by atoms with van der Waals surface area (Å²) in [6, 6.07) is 8.24. The molecule has 0 unspecified atom stereocenters. The second-order valence-electron chi connectivity index (χ2n) is 3.90. The summed E-state index contributed by atoms with van der Waals surface area (Å²) in [6.45, 7) is 0. The first-order chi connectivity index (χ1) is 8.93. The first-order valence-electron chi connectivity index (χ1n) is 5.35. The van der Waals surface area contributed by atoms with E-state index in [9.17, 15) is 22.4 Å². The van der Waals surface area contributed by atoms with Gasteiger partial charge < -0.3 is 0 Å². The molecular weight excluding hydrogens is 260 g/mol. The maximum Gasteiger partial charge on any atom is 0.417 e. The zero-order valence-corrected chi connectivity index (χ0v) is 9.54. The molecule has 2 aromatic carbocycles. The fourth-order valence-electron chi connectivity index (χ4n) is 1.78. The maximum atomic E-state index is 13.6. The molecule has 0 fully saturated rings. The van der Waals surface area contributed by atoms with Gasteiger partial charge in [0.25, 0.3) is 0 Å². The fourth-order valence-corrected chi connectivity index (χ4v) is 1.78. The van der Waals surface area contributed by atoms with Gasteiger partial charge in [0.15, 0.2) is 0 Å². The molecule has 0 saturated heterocycles. The Labute approximate surface area is 106 Å². The zero-order chi connectivity index (χ0) is 14.0. The molecule has 0 aliphatic heterocycles. The Morgan fingerprint density at radius 1 is 0.947 bits per heavy atom. The molecule has 98 valence electrons. The molecular formula is C14H8F4O. The lowest BCUT2D eigenvalue weighted by Gasteiger charge is -2.14. The Morgan fingerprint density at radius 3 is 2.21 bits per heavy atom. The van der Waals surface area contributed by atoms with Crippen molar-refractivity contribution >= 4 is 6.29 Å². The number of hydrogen-bond acceptors (Lipinski definition) is 1. The van der Waals surface area contributed by atoms with Gasteiger partial charge in [0.1, 0.15) is 12.1 Å². The van der Waals surface area contributed by atoms with E-state index in [1.807, 2.05) is 0 Å². The number of hydrogen-bond donors (Lipinski definition) is 0. The third kappa shape index (κ3) is 2.65. The molecule has 5 heteroatoms. The summed E-state index contributed by atoms with van der Waals surface area (Å²) in [6.07, 6.45) is -4.34. The summed E-state index contributed by atoms with van der Waals surface area (Å²) in [5, 5.41) is 0. The van der Waals surface area contributed by atoms with Crippen molar-refractivity contribution in [2.24, 2.45) is 0 Å². The highest BCUT2D eigenvalue weighted by molar-refractivity contribution is 5.79. The van der Waals surface area contributed by atoms with Crippen molar-refractivity contribution in [3.8, 4) is 11.1 Å². The number of carbonyl (C=O) groups is 1. The minimum absolute atomic E-state index is 0.104. The standard InChI is InChI=1S/C14H8F4O/c15-13-4-2-1-3-11(13)10-6-5-9(8-19)7-12(10)14(16,17)18/h1-8H. The maximum absolute atomic E-state index is 13.6. The van der Waals surface area contributed by atoms with Crippen LogP contribution in [0.5, 0.6) is 0 Å². The van der Waals surface area contributed by atoms with Gasteiger partial charge in [-0.2, -0.15) is 13.2 Å². The van der Waals surface area contributed by atoms with E-state index in [4.69, 9.17) is 0 Å². The van der Waals surface area contributed by atoms with Crippen molar-refractivity contribution < 1.29 is 22.4 Å². The normalized spacial score (nSPS) is 11.4. The molecule has 0 spiro atoms. The summed E-state index contributed by atoms with van der Waals surface area (Å²) in [5.74, 6) is -0.744. The van der Waals surface area contributed by atoms with E-state index >= 15 is 0 Å². The lowest BCUT2D eigenvalue weighted by Crippen LogP contribution is -2.08. The van der Waals surface area contributed by atoms with Crippen LogP contribution in [0.4, 0.5) is 17.6 Å². The van der Waals surface area contributed by atoms with E-state index in [1.54, 1.807) is 0 Å². The molecule has 0 bridgehead atoms. The molecule has 19 heavy (non-hydrogen) atoms. The smallest absolute Gasteiger partial charge is 0.298 e. The topological polar surface area (TPSA) is 17.1 Å². The summed E-state index contributed by atoms with van der Waals surface area (Å²) in [7, 11) is 0. The van der Waals surface area contributed by atoms with Crippen LogP contribution >= 0.6 is 0 Å². The summed E-state index contributed by atoms with van der Waals surface area (Å²) in [5.41, 5.74) is -1.56. The summed E-state index contributed by atoms with van der Waals surface area (Å²) < 4.78 is 52.4. The van der Waals surface area contributed by atoms with Crippen LogP contribution in [-0.2, 0) is 6.18 Å². The number of aldehydes is 1. The third-order valence-electron chi connectivity index (χ3n) is 2.65. The Balaban J connectivity index is 2.70. The molecule has 2 rings (SSSR count). The minimum atomic E-state index is -4.66. The van der Waals surface area contributed by atoms with E-state index in [0.717, 1.165) is 18.2 Å². The molecule has 0 N–H and O–H groups in total. The van der Waals surface area contributed by atoms with Gasteiger partial charge in [-0.3, -0.25) is 4.79 Å². The van der Waals surface area contributed by atoms with Crippen LogP contribution in [0.3, 0.4) is 0 Å². The lowest BCUT2D eigenvalue weighted by atomic mass is 9.97. The van der Waals surface area contributed by atoms with Crippen molar-refractivity contribution in [2.45, 2.75) is 6.18 Å². The molecule has 2 aromatic rings. The van der Waals surface area contributed by atoms with E-state index < -0.39 is 17.6 Å². The highest BCUT2D eigenvalue weighted by Gasteiger charge is 2.34. The van der Waals surface area contributed by atoms with Crippen molar-refractivity contribution in [2.75, 3.05) is 0 Å². The second-order valence-corrected chi connectivity index (χ2v) is 3.90. The van der Waals surface area contributed by atoms with Gasteiger partial charge in [0.05, 0.1) is 5.56 Å². The Kier molecular flexibility index (Phi) is 3.38. The average Bonchev–Trinajstić information content (AvgIpc) is 2.38. The number of benzene rings is 2. The Morgan fingerprint density at radius 2 is 1.63 bits per heavy atom. The Bertz CT molecular complexity index is 617. The van der Waals surface area contributed by atoms with Gasteiger partial charge in [-0.05, 0) is 17.7 Å². The molecule has 0 amide bonds. The number of halogens is 4. The molecule has 0 radical (unpaired) electrons. The quantitative estimate of drug-likeness (QED) is 0.585. The van der Waals surface area contributed by atoms with E-state index in [2.05, 4.69) is 0 Å². The van der Waals surface area contributed by atoms with Crippen molar-refractivity contribution in [1.29, 1.82) is 0 Å². The van der Waals surface area contributed by atoms with Crippen LogP contribution in [0.2, 0.25) is 0 Å². The van der Waals surface area contributed by atoms with Crippen molar-refractivity contribution in [3.05, 3.63) is 59.4 Å². The second kappa shape index (κ2) is 4.84. The fraction of sp³-hybridized carbons (Fsp3) is 0.0714. The highest BCUT2D eigenvalue weighted by Crippen LogP contribution is 2.38. The van der Waals surface area contributed by atoms with Crippen molar-refractivity contribution in [1.82, 2.24) is 0 Å². The van der Waals surface area contributed by atoms with E-state index in [0.29, 0.717) is 6.29 Å². The predicted octanol–water partition coefficient (Wildman–Crippen LogP) is 4.32. The largest absolute Gasteiger partial charge is 0.417 e. The number of rotatable bonds is 2. The zero-order valence-electron chi connectivity index (χ0n) is 9.54. The molecule has 0 aromatic heterocycles. The van der Waals surface area contributed by atoms with Crippen LogP contribution in [-0.4, -0.2) is 6.29 Å². The van der Waals surface area contributed by atoms with Gasteiger partial charge >= 0.3 is 6.18 Å². The SMILES string of the molecule is O=Cc1ccc(-c2ccccc2F)c(C(F)(F)F)c1. The predicted molar refractivity (Wildman–Crippen MR) is 62.2 cm³/mol. The van der Waals surface area contributed by atoms with Gasteiger partial charge in [-0.25, -0.2) is 4.39 Å². The molecule has 0 aliphatic rings.